The predicted molar refractivity (Wildman–Crippen MR) is 116 cm³/mol. The third-order valence-corrected chi connectivity index (χ3v) is 7.44. The summed E-state index contributed by atoms with van der Waals surface area (Å²) in [5.74, 6) is 0.353. The minimum absolute atomic E-state index is 0.315. The van der Waals surface area contributed by atoms with E-state index >= 15 is 0 Å². The van der Waals surface area contributed by atoms with E-state index in [0.29, 0.717) is 12.1 Å². The van der Waals surface area contributed by atoms with Crippen molar-refractivity contribution in [3.63, 3.8) is 0 Å². The highest BCUT2D eigenvalue weighted by Crippen LogP contribution is 2.35. The smallest absolute Gasteiger partial charge is 0.320 e. The molecule has 0 bridgehead atoms. The zero-order chi connectivity index (χ0) is 19.5. The fourth-order valence-corrected chi connectivity index (χ4v) is 5.81. The summed E-state index contributed by atoms with van der Waals surface area (Å²) in [5, 5.41) is 19.7. The van der Waals surface area contributed by atoms with Crippen molar-refractivity contribution in [3.05, 3.63) is 46.2 Å². The Balaban J connectivity index is 1.41. The van der Waals surface area contributed by atoms with Gasteiger partial charge in [-0.2, -0.15) is 0 Å². The van der Waals surface area contributed by atoms with Crippen LogP contribution in [0.2, 0.25) is 0 Å². The Hall–Kier alpha value is -1.83. The molecule has 2 aliphatic rings. The third-order valence-electron chi connectivity index (χ3n) is 5.49. The van der Waals surface area contributed by atoms with E-state index in [0.717, 1.165) is 49.7 Å². The van der Waals surface area contributed by atoms with Crippen LogP contribution >= 0.6 is 23.1 Å². The summed E-state index contributed by atoms with van der Waals surface area (Å²) in [7, 11) is 0. The Morgan fingerprint density at radius 2 is 2.14 bits per heavy atom. The van der Waals surface area contributed by atoms with Crippen molar-refractivity contribution in [1.29, 1.82) is 5.41 Å². The SMILES string of the molecule is N=C(Cc1ccc2c(c1)SCCN2CCN1CCC[C@H]1C(=O)O)c1cccs1. The van der Waals surface area contributed by atoms with Crippen molar-refractivity contribution in [2.45, 2.75) is 30.2 Å². The number of rotatable bonds is 7. The van der Waals surface area contributed by atoms with E-state index < -0.39 is 5.97 Å². The van der Waals surface area contributed by atoms with E-state index in [1.807, 2.05) is 29.3 Å². The first-order chi connectivity index (χ1) is 13.6. The zero-order valence-corrected chi connectivity index (χ0v) is 17.4. The monoisotopic (exact) mass is 415 g/mol. The van der Waals surface area contributed by atoms with E-state index in [1.165, 1.54) is 16.1 Å². The van der Waals surface area contributed by atoms with Gasteiger partial charge in [0.15, 0.2) is 0 Å². The van der Waals surface area contributed by atoms with Gasteiger partial charge in [-0.25, -0.2) is 0 Å². The number of thiophene rings is 1. The fourth-order valence-electron chi connectivity index (χ4n) is 4.03. The first-order valence-electron chi connectivity index (χ1n) is 9.70. The number of likely N-dealkylation sites (tertiary alicyclic amines) is 1. The molecule has 2 aliphatic heterocycles. The first-order valence-corrected chi connectivity index (χ1v) is 11.6. The van der Waals surface area contributed by atoms with E-state index in [-0.39, 0.29) is 6.04 Å². The molecule has 2 aromatic rings. The van der Waals surface area contributed by atoms with Crippen LogP contribution in [0.3, 0.4) is 0 Å². The summed E-state index contributed by atoms with van der Waals surface area (Å²) in [6.45, 7) is 3.54. The molecule has 1 aromatic carbocycles. The number of fused-ring (bicyclic) bond motifs is 1. The lowest BCUT2D eigenvalue weighted by Gasteiger charge is -2.33. The second kappa shape index (κ2) is 8.68. The molecular formula is C21H25N3O2S2. The van der Waals surface area contributed by atoms with E-state index in [9.17, 15) is 9.90 Å². The highest BCUT2D eigenvalue weighted by Gasteiger charge is 2.30. The molecule has 0 amide bonds. The van der Waals surface area contributed by atoms with Crippen LogP contribution in [-0.2, 0) is 11.2 Å². The van der Waals surface area contributed by atoms with Gasteiger partial charge in [-0.1, -0.05) is 12.1 Å². The number of nitrogens with one attached hydrogen (secondary N) is 1. The number of hydrogen-bond donors (Lipinski definition) is 2. The van der Waals surface area contributed by atoms with Crippen molar-refractivity contribution in [2.24, 2.45) is 0 Å². The Bertz CT molecular complexity index is 853. The van der Waals surface area contributed by atoms with Gasteiger partial charge in [-0.05, 0) is 48.5 Å². The highest BCUT2D eigenvalue weighted by atomic mass is 32.2. The van der Waals surface area contributed by atoms with E-state index in [2.05, 4.69) is 28.0 Å². The van der Waals surface area contributed by atoms with Crippen LogP contribution in [0.4, 0.5) is 5.69 Å². The van der Waals surface area contributed by atoms with Crippen LogP contribution in [0.25, 0.3) is 0 Å². The number of nitrogens with zero attached hydrogens (tertiary/aromatic N) is 2. The van der Waals surface area contributed by atoms with Crippen molar-refractivity contribution >= 4 is 40.5 Å². The molecule has 148 valence electrons. The molecule has 2 N–H and O–H groups in total. The average Bonchev–Trinajstić information content (AvgIpc) is 3.38. The van der Waals surface area contributed by atoms with Gasteiger partial charge in [0.1, 0.15) is 6.04 Å². The summed E-state index contributed by atoms with van der Waals surface area (Å²) in [4.78, 5) is 18.2. The summed E-state index contributed by atoms with van der Waals surface area (Å²) in [6, 6.07) is 10.2. The minimum Gasteiger partial charge on any atom is -0.480 e. The van der Waals surface area contributed by atoms with Crippen LogP contribution < -0.4 is 4.90 Å². The molecule has 7 heteroatoms. The lowest BCUT2D eigenvalue weighted by Crippen LogP contribution is -2.42. The number of carboxylic acid groups (broad SMARTS) is 1. The largest absolute Gasteiger partial charge is 0.480 e. The molecule has 0 saturated carbocycles. The van der Waals surface area contributed by atoms with Gasteiger partial charge in [0.2, 0.25) is 0 Å². The van der Waals surface area contributed by atoms with Gasteiger partial charge in [0.25, 0.3) is 0 Å². The number of carbonyl (C=O) groups is 1. The summed E-state index contributed by atoms with van der Waals surface area (Å²) in [6.07, 6.45) is 2.40. The van der Waals surface area contributed by atoms with E-state index in [4.69, 9.17) is 5.41 Å². The number of carboxylic acids is 1. The maximum absolute atomic E-state index is 11.4. The average molecular weight is 416 g/mol. The van der Waals surface area contributed by atoms with Crippen LogP contribution in [0.1, 0.15) is 23.3 Å². The minimum atomic E-state index is -0.690. The zero-order valence-electron chi connectivity index (χ0n) is 15.8. The summed E-state index contributed by atoms with van der Waals surface area (Å²) in [5.41, 5.74) is 3.09. The number of hydrogen-bond acceptors (Lipinski definition) is 6. The molecule has 0 aliphatic carbocycles. The molecule has 1 aromatic heterocycles. The second-order valence-corrected chi connectivity index (χ2v) is 9.39. The van der Waals surface area contributed by atoms with Gasteiger partial charge >= 0.3 is 5.97 Å². The molecule has 1 fully saturated rings. The molecule has 1 atom stereocenters. The van der Waals surface area contributed by atoms with Crippen LogP contribution in [0.5, 0.6) is 0 Å². The number of thioether (sulfide) groups is 1. The second-order valence-electron chi connectivity index (χ2n) is 7.30. The third kappa shape index (κ3) is 4.26. The maximum Gasteiger partial charge on any atom is 0.320 e. The molecule has 28 heavy (non-hydrogen) atoms. The molecule has 5 nitrogen and oxygen atoms in total. The summed E-state index contributed by atoms with van der Waals surface area (Å²) < 4.78 is 0. The van der Waals surface area contributed by atoms with Crippen LogP contribution in [0, 0.1) is 5.41 Å². The molecule has 0 unspecified atom stereocenters. The van der Waals surface area contributed by atoms with E-state index in [1.54, 1.807) is 11.3 Å². The van der Waals surface area contributed by atoms with Crippen molar-refractivity contribution in [3.8, 4) is 0 Å². The molecule has 4 rings (SSSR count). The maximum atomic E-state index is 11.4. The predicted octanol–water partition coefficient (Wildman–Crippen LogP) is 3.82. The Morgan fingerprint density at radius 3 is 2.93 bits per heavy atom. The fraction of sp³-hybridized carbons (Fsp3) is 0.429. The van der Waals surface area contributed by atoms with Crippen LogP contribution in [-0.4, -0.2) is 59.7 Å². The summed E-state index contributed by atoms with van der Waals surface area (Å²) >= 11 is 3.49. The molecule has 1 saturated heterocycles. The normalized spacial score (nSPS) is 19.6. The van der Waals surface area contributed by atoms with Gasteiger partial charge in [-0.3, -0.25) is 9.69 Å². The number of aliphatic carboxylic acids is 1. The topological polar surface area (TPSA) is 67.6 Å². The Labute approximate surface area is 173 Å². The quantitative estimate of drug-likeness (QED) is 0.673. The molecular weight excluding hydrogens is 390 g/mol. The van der Waals surface area contributed by atoms with Gasteiger partial charge in [0, 0.05) is 41.6 Å². The first kappa shape index (κ1) is 19.5. The number of benzene rings is 1. The van der Waals surface area contributed by atoms with Gasteiger partial charge in [0.05, 0.1) is 11.4 Å². The molecule has 3 heterocycles. The lowest BCUT2D eigenvalue weighted by atomic mass is 10.1. The van der Waals surface area contributed by atoms with Crippen LogP contribution in [0.15, 0.2) is 40.6 Å². The molecule has 0 spiro atoms. The Kier molecular flexibility index (Phi) is 6.04. The Morgan fingerprint density at radius 1 is 1.25 bits per heavy atom. The standard InChI is InChI=1S/C21H25N3O2S2/c22-16(19-4-2-11-27-19)13-15-5-6-17-20(14-15)28-12-10-24(17)9-8-23-7-1-3-18(23)21(25)26/h2,4-6,11,14,18,22H,1,3,7-10,12-13H2,(H,25,26)/t18-/m0/s1. The van der Waals surface area contributed by atoms with Crippen molar-refractivity contribution in [2.75, 3.05) is 36.8 Å². The van der Waals surface area contributed by atoms with Crippen molar-refractivity contribution < 1.29 is 9.90 Å². The van der Waals surface area contributed by atoms with Gasteiger partial charge in [-0.15, -0.1) is 23.1 Å². The highest BCUT2D eigenvalue weighted by molar-refractivity contribution is 7.99. The molecule has 0 radical (unpaired) electrons. The van der Waals surface area contributed by atoms with Gasteiger partial charge < -0.3 is 15.4 Å². The van der Waals surface area contributed by atoms with Crippen molar-refractivity contribution in [1.82, 2.24) is 4.90 Å². The lowest BCUT2D eigenvalue weighted by molar-refractivity contribution is -0.142. The number of anilines is 1.